The van der Waals surface area contributed by atoms with Crippen LogP contribution in [0.3, 0.4) is 0 Å². The lowest BCUT2D eigenvalue weighted by atomic mass is 9.96. The fourth-order valence-corrected chi connectivity index (χ4v) is 1.88. The molecule has 5 N–H and O–H groups in total. The van der Waals surface area contributed by atoms with Gasteiger partial charge in [-0.1, -0.05) is 0 Å². The van der Waals surface area contributed by atoms with Gasteiger partial charge in [0.25, 0.3) is 0 Å². The van der Waals surface area contributed by atoms with Crippen molar-refractivity contribution in [3.63, 3.8) is 0 Å². The van der Waals surface area contributed by atoms with Crippen LogP contribution >= 0.6 is 0 Å². The van der Waals surface area contributed by atoms with Gasteiger partial charge in [-0.05, 0) is 20.8 Å². The third-order valence-corrected chi connectivity index (χ3v) is 2.79. The number of aliphatic hydroxyl groups is 4. The Morgan fingerprint density at radius 3 is 2.33 bits per heavy atom. The van der Waals surface area contributed by atoms with E-state index in [4.69, 9.17) is 4.74 Å². The lowest BCUT2D eigenvalue weighted by Gasteiger charge is -2.40. The number of carbonyl (C=O) groups is 1. The van der Waals surface area contributed by atoms with Gasteiger partial charge < -0.3 is 30.5 Å². The quantitative estimate of drug-likeness (QED) is 0.405. The standard InChI is InChI=1S/C11H21NO6/c1-5-7(8(14)9(15)10(16)18-5)12-6(13)4-11(2,3)17/h5,7-10,14-17H,4H2,1-3H3,(H,12,13)/t5-,7-,8+,9-,10-/m1/s1. The first kappa shape index (κ1) is 15.3. The molecule has 1 heterocycles. The van der Waals surface area contributed by atoms with Gasteiger partial charge in [-0.3, -0.25) is 4.79 Å². The summed E-state index contributed by atoms with van der Waals surface area (Å²) >= 11 is 0. The zero-order chi connectivity index (χ0) is 14.1. The Morgan fingerprint density at radius 2 is 1.83 bits per heavy atom. The lowest BCUT2D eigenvalue weighted by molar-refractivity contribution is -0.253. The highest BCUT2D eigenvalue weighted by Gasteiger charge is 2.42. The fourth-order valence-electron chi connectivity index (χ4n) is 1.88. The van der Waals surface area contributed by atoms with Crippen LogP contribution in [0.5, 0.6) is 0 Å². The fraction of sp³-hybridized carbons (Fsp3) is 0.909. The van der Waals surface area contributed by atoms with Gasteiger partial charge in [0.05, 0.1) is 24.2 Å². The van der Waals surface area contributed by atoms with Gasteiger partial charge in [-0.2, -0.15) is 0 Å². The lowest BCUT2D eigenvalue weighted by Crippen LogP contribution is -2.62. The molecule has 106 valence electrons. The van der Waals surface area contributed by atoms with Crippen molar-refractivity contribution in [3.05, 3.63) is 0 Å². The van der Waals surface area contributed by atoms with Crippen molar-refractivity contribution < 1.29 is 30.0 Å². The molecule has 0 spiro atoms. The molecule has 0 saturated carbocycles. The molecule has 0 radical (unpaired) electrons. The highest BCUT2D eigenvalue weighted by Crippen LogP contribution is 2.20. The van der Waals surface area contributed by atoms with E-state index in [0.717, 1.165) is 0 Å². The Bertz CT molecular complexity index is 302. The van der Waals surface area contributed by atoms with Crippen LogP contribution in [-0.4, -0.2) is 62.6 Å². The Hall–Kier alpha value is -0.730. The average Bonchev–Trinajstić information content (AvgIpc) is 2.19. The summed E-state index contributed by atoms with van der Waals surface area (Å²) in [6.45, 7) is 4.54. The summed E-state index contributed by atoms with van der Waals surface area (Å²) in [5.74, 6) is -0.467. The van der Waals surface area contributed by atoms with Gasteiger partial charge in [-0.25, -0.2) is 0 Å². The van der Waals surface area contributed by atoms with Crippen molar-refractivity contribution in [1.82, 2.24) is 5.32 Å². The second kappa shape index (κ2) is 5.50. The minimum atomic E-state index is -1.48. The summed E-state index contributed by atoms with van der Waals surface area (Å²) in [6.07, 6.45) is -5.06. The first-order valence-corrected chi connectivity index (χ1v) is 5.83. The molecule has 1 aliphatic rings. The summed E-state index contributed by atoms with van der Waals surface area (Å²) in [4.78, 5) is 11.6. The summed E-state index contributed by atoms with van der Waals surface area (Å²) in [7, 11) is 0. The minimum Gasteiger partial charge on any atom is -0.390 e. The van der Waals surface area contributed by atoms with E-state index in [1.54, 1.807) is 6.92 Å². The maximum Gasteiger partial charge on any atom is 0.223 e. The third kappa shape index (κ3) is 3.89. The van der Waals surface area contributed by atoms with Gasteiger partial charge in [-0.15, -0.1) is 0 Å². The maximum absolute atomic E-state index is 11.6. The number of ether oxygens (including phenoxy) is 1. The molecule has 7 heteroatoms. The van der Waals surface area contributed by atoms with Crippen LogP contribution in [-0.2, 0) is 9.53 Å². The predicted molar refractivity (Wildman–Crippen MR) is 61.4 cm³/mol. The van der Waals surface area contributed by atoms with Crippen molar-refractivity contribution in [2.24, 2.45) is 0 Å². The molecule has 0 bridgehead atoms. The molecule has 1 fully saturated rings. The molecular formula is C11H21NO6. The molecule has 5 atom stereocenters. The molecule has 0 aromatic heterocycles. The van der Waals surface area contributed by atoms with E-state index >= 15 is 0 Å². The topological polar surface area (TPSA) is 119 Å². The van der Waals surface area contributed by atoms with E-state index in [1.807, 2.05) is 0 Å². The minimum absolute atomic E-state index is 0.137. The van der Waals surface area contributed by atoms with Gasteiger partial charge in [0, 0.05) is 0 Å². The monoisotopic (exact) mass is 263 g/mol. The molecule has 7 nitrogen and oxygen atoms in total. The number of aliphatic hydroxyl groups excluding tert-OH is 3. The predicted octanol–water partition coefficient (Wildman–Crippen LogP) is -1.91. The summed E-state index contributed by atoms with van der Waals surface area (Å²) in [6, 6.07) is -0.835. The molecule has 0 aliphatic carbocycles. The largest absolute Gasteiger partial charge is 0.390 e. The normalized spacial score (nSPS) is 37.4. The Balaban J connectivity index is 2.62. The molecular weight excluding hydrogens is 242 g/mol. The number of nitrogens with one attached hydrogen (secondary N) is 1. The smallest absolute Gasteiger partial charge is 0.223 e. The van der Waals surface area contributed by atoms with Gasteiger partial charge in [0.2, 0.25) is 5.91 Å². The molecule has 0 aromatic carbocycles. The molecule has 18 heavy (non-hydrogen) atoms. The third-order valence-electron chi connectivity index (χ3n) is 2.79. The van der Waals surface area contributed by atoms with Crippen LogP contribution < -0.4 is 5.32 Å². The number of hydrogen-bond acceptors (Lipinski definition) is 6. The number of rotatable bonds is 3. The van der Waals surface area contributed by atoms with Crippen LogP contribution in [0, 0.1) is 0 Å². The highest BCUT2D eigenvalue weighted by molar-refractivity contribution is 5.77. The number of carbonyl (C=O) groups excluding carboxylic acids is 1. The summed E-state index contributed by atoms with van der Waals surface area (Å²) in [5, 5.41) is 40.5. The molecule has 0 unspecified atom stereocenters. The second-order valence-corrected chi connectivity index (χ2v) is 5.30. The van der Waals surface area contributed by atoms with Crippen molar-refractivity contribution in [3.8, 4) is 0 Å². The van der Waals surface area contributed by atoms with Crippen LogP contribution in [0.1, 0.15) is 27.2 Å². The first-order valence-electron chi connectivity index (χ1n) is 5.83. The zero-order valence-corrected chi connectivity index (χ0v) is 10.7. The second-order valence-electron chi connectivity index (χ2n) is 5.30. The zero-order valence-electron chi connectivity index (χ0n) is 10.7. The molecule has 1 aliphatic heterocycles. The molecule has 1 saturated heterocycles. The van der Waals surface area contributed by atoms with E-state index in [0.29, 0.717) is 0 Å². The Labute approximate surface area is 105 Å². The van der Waals surface area contributed by atoms with E-state index in [1.165, 1.54) is 13.8 Å². The summed E-state index contributed by atoms with van der Waals surface area (Å²) < 4.78 is 4.98. The molecule has 1 rings (SSSR count). The van der Waals surface area contributed by atoms with E-state index in [-0.39, 0.29) is 6.42 Å². The van der Waals surface area contributed by atoms with Crippen molar-refractivity contribution in [1.29, 1.82) is 0 Å². The van der Waals surface area contributed by atoms with E-state index in [9.17, 15) is 25.2 Å². The Morgan fingerprint density at radius 1 is 1.28 bits per heavy atom. The number of hydrogen-bond donors (Lipinski definition) is 5. The average molecular weight is 263 g/mol. The van der Waals surface area contributed by atoms with Crippen LogP contribution in [0.25, 0.3) is 0 Å². The highest BCUT2D eigenvalue weighted by atomic mass is 16.6. The van der Waals surface area contributed by atoms with Gasteiger partial charge >= 0.3 is 0 Å². The van der Waals surface area contributed by atoms with E-state index < -0.39 is 42.2 Å². The van der Waals surface area contributed by atoms with Crippen LogP contribution in [0.15, 0.2) is 0 Å². The first-order chi connectivity index (χ1) is 8.11. The molecule has 0 aromatic rings. The van der Waals surface area contributed by atoms with Crippen LogP contribution in [0.4, 0.5) is 0 Å². The SMILES string of the molecule is C[C@H]1O[C@@H](O)[C@H](O)[C@@H](O)[C@@H]1NC(=O)CC(C)(C)O. The van der Waals surface area contributed by atoms with Crippen molar-refractivity contribution in [2.45, 2.75) is 63.4 Å². The molecule has 1 amide bonds. The van der Waals surface area contributed by atoms with E-state index in [2.05, 4.69) is 5.32 Å². The van der Waals surface area contributed by atoms with Crippen molar-refractivity contribution in [2.75, 3.05) is 0 Å². The van der Waals surface area contributed by atoms with Crippen molar-refractivity contribution >= 4 is 5.91 Å². The maximum atomic E-state index is 11.6. The Kier molecular flexibility index (Phi) is 4.68. The number of amides is 1. The van der Waals surface area contributed by atoms with Crippen LogP contribution in [0.2, 0.25) is 0 Å². The van der Waals surface area contributed by atoms with Gasteiger partial charge in [0.15, 0.2) is 6.29 Å². The summed E-state index contributed by atoms with van der Waals surface area (Å²) in [5.41, 5.74) is -1.16. The van der Waals surface area contributed by atoms with Gasteiger partial charge in [0.1, 0.15) is 12.2 Å².